The monoisotopic (exact) mass is 373 g/mol. The fraction of sp³-hybridized carbons (Fsp3) is 0.333. The number of nitrogens with one attached hydrogen (secondary N) is 1. The second-order valence-corrected chi connectivity index (χ2v) is 6.81. The van der Waals surface area contributed by atoms with Gasteiger partial charge in [0, 0.05) is 24.0 Å². The number of aromatic nitrogens is 1. The number of para-hydroxylation sites is 1. The number of hydrogen-bond donors (Lipinski definition) is 1. The highest BCUT2D eigenvalue weighted by Gasteiger charge is 2.24. The number of esters is 1. The Kier molecular flexibility index (Phi) is 5.62. The Bertz CT molecular complexity index is 833. The van der Waals surface area contributed by atoms with E-state index in [1.165, 1.54) is 11.3 Å². The highest BCUT2D eigenvalue weighted by molar-refractivity contribution is 7.14. The van der Waals surface area contributed by atoms with Gasteiger partial charge in [0.05, 0.1) is 12.1 Å². The van der Waals surface area contributed by atoms with Gasteiger partial charge in [-0.3, -0.25) is 19.3 Å². The van der Waals surface area contributed by atoms with E-state index in [9.17, 15) is 14.4 Å². The van der Waals surface area contributed by atoms with Crippen molar-refractivity contribution in [1.82, 2.24) is 4.98 Å². The molecule has 7 nitrogen and oxygen atoms in total. The van der Waals surface area contributed by atoms with E-state index in [0.29, 0.717) is 29.5 Å². The molecular formula is C18H19N3O4S. The standard InChI is InChI=1S/C18H19N3O4S/c1-12-5-2-3-6-14(12)20-15(22)10-25-17(24)9-13-11-26-18(19-13)21-8-4-7-16(21)23/h2-3,5-6,11H,4,7-10H2,1H3,(H,20,22). The first-order valence-electron chi connectivity index (χ1n) is 8.29. The molecule has 0 aliphatic carbocycles. The van der Waals surface area contributed by atoms with Crippen molar-refractivity contribution < 1.29 is 19.1 Å². The van der Waals surface area contributed by atoms with Gasteiger partial charge < -0.3 is 10.1 Å². The van der Waals surface area contributed by atoms with E-state index in [-0.39, 0.29) is 18.9 Å². The highest BCUT2D eigenvalue weighted by Crippen LogP contribution is 2.25. The van der Waals surface area contributed by atoms with Crippen molar-refractivity contribution in [3.63, 3.8) is 0 Å². The van der Waals surface area contributed by atoms with E-state index in [1.54, 1.807) is 16.3 Å². The fourth-order valence-electron chi connectivity index (χ4n) is 2.60. The summed E-state index contributed by atoms with van der Waals surface area (Å²) in [6.07, 6.45) is 1.33. The predicted octanol–water partition coefficient (Wildman–Crippen LogP) is 2.30. The second kappa shape index (κ2) is 8.09. The lowest BCUT2D eigenvalue weighted by Crippen LogP contribution is -2.23. The van der Waals surface area contributed by atoms with Gasteiger partial charge >= 0.3 is 5.97 Å². The Morgan fingerprint density at radius 2 is 2.15 bits per heavy atom. The van der Waals surface area contributed by atoms with Gasteiger partial charge in [-0.25, -0.2) is 4.98 Å². The molecule has 3 rings (SSSR count). The van der Waals surface area contributed by atoms with Crippen LogP contribution in [0.1, 0.15) is 24.1 Å². The minimum Gasteiger partial charge on any atom is -0.455 e. The molecule has 1 saturated heterocycles. The van der Waals surface area contributed by atoms with Gasteiger partial charge in [0.15, 0.2) is 11.7 Å². The van der Waals surface area contributed by atoms with Crippen LogP contribution in [0.15, 0.2) is 29.6 Å². The zero-order chi connectivity index (χ0) is 18.5. The van der Waals surface area contributed by atoms with Crippen LogP contribution in [0, 0.1) is 6.92 Å². The van der Waals surface area contributed by atoms with Gasteiger partial charge in [-0.1, -0.05) is 18.2 Å². The number of carbonyl (C=O) groups is 3. The van der Waals surface area contributed by atoms with Crippen LogP contribution < -0.4 is 10.2 Å². The summed E-state index contributed by atoms with van der Waals surface area (Å²) < 4.78 is 5.01. The van der Waals surface area contributed by atoms with E-state index in [0.717, 1.165) is 12.0 Å². The number of benzene rings is 1. The molecule has 0 bridgehead atoms. The molecule has 1 N–H and O–H groups in total. The summed E-state index contributed by atoms with van der Waals surface area (Å²) in [4.78, 5) is 41.5. The van der Waals surface area contributed by atoms with Crippen molar-refractivity contribution >= 4 is 39.9 Å². The number of amides is 2. The van der Waals surface area contributed by atoms with Gasteiger partial charge in [0.2, 0.25) is 5.91 Å². The SMILES string of the molecule is Cc1ccccc1NC(=O)COC(=O)Cc1csc(N2CCCC2=O)n1. The van der Waals surface area contributed by atoms with Crippen LogP contribution in [0.3, 0.4) is 0 Å². The molecule has 1 fully saturated rings. The third-order valence-electron chi connectivity index (χ3n) is 3.95. The summed E-state index contributed by atoms with van der Waals surface area (Å²) >= 11 is 1.33. The second-order valence-electron chi connectivity index (χ2n) is 5.97. The van der Waals surface area contributed by atoms with Gasteiger partial charge in [-0.15, -0.1) is 11.3 Å². The Labute approximate surface area is 155 Å². The molecule has 2 amide bonds. The first-order chi connectivity index (χ1) is 12.5. The Hall–Kier alpha value is -2.74. The Morgan fingerprint density at radius 3 is 2.88 bits per heavy atom. The lowest BCUT2D eigenvalue weighted by Gasteiger charge is -2.10. The molecule has 2 aromatic rings. The zero-order valence-electron chi connectivity index (χ0n) is 14.4. The molecule has 0 spiro atoms. The van der Waals surface area contributed by atoms with E-state index in [4.69, 9.17) is 4.74 Å². The van der Waals surface area contributed by atoms with Crippen LogP contribution >= 0.6 is 11.3 Å². The lowest BCUT2D eigenvalue weighted by atomic mass is 10.2. The first-order valence-corrected chi connectivity index (χ1v) is 9.17. The topological polar surface area (TPSA) is 88.6 Å². The minimum atomic E-state index is -0.533. The number of ether oxygens (including phenoxy) is 1. The van der Waals surface area contributed by atoms with Crippen LogP contribution in [0.4, 0.5) is 10.8 Å². The average Bonchev–Trinajstić information content (AvgIpc) is 3.24. The van der Waals surface area contributed by atoms with Gasteiger partial charge in [-0.05, 0) is 25.0 Å². The van der Waals surface area contributed by atoms with Crippen molar-refractivity contribution in [3.8, 4) is 0 Å². The zero-order valence-corrected chi connectivity index (χ0v) is 15.2. The lowest BCUT2D eigenvalue weighted by molar-refractivity contribution is -0.146. The average molecular weight is 373 g/mol. The minimum absolute atomic E-state index is 0.0316. The molecule has 26 heavy (non-hydrogen) atoms. The van der Waals surface area contributed by atoms with Crippen molar-refractivity contribution in [3.05, 3.63) is 40.9 Å². The van der Waals surface area contributed by atoms with Crippen molar-refractivity contribution in [1.29, 1.82) is 0 Å². The maximum Gasteiger partial charge on any atom is 0.312 e. The van der Waals surface area contributed by atoms with E-state index in [1.807, 2.05) is 25.1 Å². The Morgan fingerprint density at radius 1 is 1.35 bits per heavy atom. The molecule has 1 aliphatic heterocycles. The Balaban J connectivity index is 1.47. The van der Waals surface area contributed by atoms with Crippen molar-refractivity contribution in [2.24, 2.45) is 0 Å². The molecule has 136 valence electrons. The maximum absolute atomic E-state index is 11.9. The number of aryl methyl sites for hydroxylation is 1. The molecule has 1 aliphatic rings. The molecule has 0 atom stereocenters. The molecule has 0 radical (unpaired) electrons. The molecule has 1 aromatic heterocycles. The number of rotatable bonds is 6. The molecule has 8 heteroatoms. The number of hydrogen-bond acceptors (Lipinski definition) is 6. The van der Waals surface area contributed by atoms with E-state index < -0.39 is 11.9 Å². The van der Waals surface area contributed by atoms with Crippen molar-refractivity contribution in [2.75, 3.05) is 23.4 Å². The largest absolute Gasteiger partial charge is 0.455 e. The molecule has 2 heterocycles. The number of anilines is 2. The molecular weight excluding hydrogens is 354 g/mol. The predicted molar refractivity (Wildman–Crippen MR) is 98.2 cm³/mol. The summed E-state index contributed by atoms with van der Waals surface area (Å²) in [6, 6.07) is 7.36. The van der Waals surface area contributed by atoms with Crippen LogP contribution in [0.25, 0.3) is 0 Å². The van der Waals surface area contributed by atoms with Gasteiger partial charge in [-0.2, -0.15) is 0 Å². The molecule has 0 unspecified atom stereocenters. The van der Waals surface area contributed by atoms with Crippen LogP contribution in [0.5, 0.6) is 0 Å². The fourth-order valence-corrected chi connectivity index (χ4v) is 3.46. The molecule has 1 aromatic carbocycles. The summed E-state index contributed by atoms with van der Waals surface area (Å²) in [5, 5.41) is 5.04. The van der Waals surface area contributed by atoms with Crippen LogP contribution in [0.2, 0.25) is 0 Å². The summed E-state index contributed by atoms with van der Waals surface area (Å²) in [6.45, 7) is 2.19. The van der Waals surface area contributed by atoms with Gasteiger partial charge in [0.25, 0.3) is 5.91 Å². The van der Waals surface area contributed by atoms with E-state index in [2.05, 4.69) is 10.3 Å². The normalized spacial score (nSPS) is 13.7. The number of carbonyl (C=O) groups excluding carboxylic acids is 3. The third kappa shape index (κ3) is 4.45. The number of thiazole rings is 1. The van der Waals surface area contributed by atoms with Crippen LogP contribution in [-0.2, 0) is 25.5 Å². The van der Waals surface area contributed by atoms with Gasteiger partial charge in [0.1, 0.15) is 0 Å². The third-order valence-corrected chi connectivity index (χ3v) is 4.87. The summed E-state index contributed by atoms with van der Waals surface area (Å²) in [7, 11) is 0. The number of nitrogens with zero attached hydrogens (tertiary/aromatic N) is 2. The van der Waals surface area contributed by atoms with E-state index >= 15 is 0 Å². The summed E-state index contributed by atoms with van der Waals surface area (Å²) in [5.41, 5.74) is 2.15. The summed E-state index contributed by atoms with van der Waals surface area (Å²) in [5.74, 6) is -0.870. The highest BCUT2D eigenvalue weighted by atomic mass is 32.1. The molecule has 0 saturated carbocycles. The quantitative estimate of drug-likeness (QED) is 0.785. The first kappa shape index (κ1) is 18.1. The smallest absolute Gasteiger partial charge is 0.312 e. The maximum atomic E-state index is 11.9. The van der Waals surface area contributed by atoms with Crippen LogP contribution in [-0.4, -0.2) is 35.9 Å². The van der Waals surface area contributed by atoms with Crippen molar-refractivity contribution in [2.45, 2.75) is 26.2 Å².